The molecule has 1 aromatic heterocycles. The van der Waals surface area contributed by atoms with Gasteiger partial charge < -0.3 is 19.9 Å². The molecule has 30 heavy (non-hydrogen) atoms. The van der Waals surface area contributed by atoms with E-state index in [0.29, 0.717) is 41.6 Å². The Labute approximate surface area is 201 Å². The Morgan fingerprint density at radius 1 is 1.07 bits per heavy atom. The number of carbonyl (C=O) groups is 2. The molecule has 2 aromatic carbocycles. The second-order valence-corrected chi connectivity index (χ2v) is 9.23. The minimum Gasteiger partial charge on any atom is -0.497 e. The van der Waals surface area contributed by atoms with Crippen LogP contribution in [-0.2, 0) is 0 Å². The van der Waals surface area contributed by atoms with E-state index >= 15 is 0 Å². The van der Waals surface area contributed by atoms with Gasteiger partial charge in [-0.25, -0.2) is 4.79 Å². The highest BCUT2D eigenvalue weighted by Gasteiger charge is 2.24. The van der Waals surface area contributed by atoms with E-state index in [9.17, 15) is 14.7 Å². The fourth-order valence-corrected chi connectivity index (χ4v) is 5.64. The Bertz CT molecular complexity index is 1150. The monoisotopic (exact) mass is 617 g/mol. The number of hydrogen-bond acceptors (Lipinski definition) is 5. The van der Waals surface area contributed by atoms with Crippen molar-refractivity contribution in [2.75, 3.05) is 19.5 Å². The summed E-state index contributed by atoms with van der Waals surface area (Å²) in [6.45, 7) is 0. The molecule has 3 rings (SSSR count). The van der Waals surface area contributed by atoms with E-state index in [2.05, 4.69) is 53.1 Å². The van der Waals surface area contributed by atoms with Crippen LogP contribution < -0.4 is 14.8 Å². The number of methoxy groups -OCH3 is 2. The molecule has 0 saturated carbocycles. The van der Waals surface area contributed by atoms with E-state index in [-0.39, 0.29) is 10.6 Å². The molecular formula is C20H14Br3NO5S. The highest BCUT2D eigenvalue weighted by molar-refractivity contribution is 9.13. The Kier molecular flexibility index (Phi) is 7.22. The van der Waals surface area contributed by atoms with Gasteiger partial charge in [-0.2, -0.15) is 0 Å². The Morgan fingerprint density at radius 2 is 1.80 bits per heavy atom. The number of carbonyl (C=O) groups excluding carboxylic acids is 1. The van der Waals surface area contributed by atoms with E-state index in [4.69, 9.17) is 9.47 Å². The van der Waals surface area contributed by atoms with Crippen molar-refractivity contribution < 1.29 is 24.2 Å². The molecule has 0 fully saturated rings. The molecular weight excluding hydrogens is 606 g/mol. The average Bonchev–Trinajstić information content (AvgIpc) is 3.14. The number of nitrogens with one attached hydrogen (secondary N) is 1. The second kappa shape index (κ2) is 9.51. The zero-order valence-corrected chi connectivity index (χ0v) is 21.2. The minimum absolute atomic E-state index is 0.0179. The lowest BCUT2D eigenvalue weighted by Crippen LogP contribution is -2.14. The first-order valence-corrected chi connectivity index (χ1v) is 11.6. The summed E-state index contributed by atoms with van der Waals surface area (Å²) in [6.07, 6.45) is 0. The molecule has 6 nitrogen and oxygen atoms in total. The molecule has 0 atom stereocenters. The molecule has 0 radical (unpaired) electrons. The third kappa shape index (κ3) is 4.41. The van der Waals surface area contributed by atoms with E-state index < -0.39 is 11.9 Å². The first kappa shape index (κ1) is 22.8. The molecule has 0 aliphatic heterocycles. The smallest absolute Gasteiger partial charge is 0.339 e. The number of anilines is 1. The Balaban J connectivity index is 2.01. The van der Waals surface area contributed by atoms with Gasteiger partial charge in [0.2, 0.25) is 0 Å². The van der Waals surface area contributed by atoms with Gasteiger partial charge in [-0.3, -0.25) is 4.79 Å². The summed E-state index contributed by atoms with van der Waals surface area (Å²) in [6, 6.07) is 8.68. The molecule has 1 amide bonds. The van der Waals surface area contributed by atoms with Crippen LogP contribution in [0.5, 0.6) is 11.5 Å². The van der Waals surface area contributed by atoms with Crippen LogP contribution in [0.2, 0.25) is 0 Å². The number of aromatic carboxylic acids is 1. The van der Waals surface area contributed by atoms with Crippen LogP contribution in [-0.4, -0.2) is 31.2 Å². The molecule has 156 valence electrons. The van der Waals surface area contributed by atoms with E-state index in [1.807, 2.05) is 0 Å². The van der Waals surface area contributed by atoms with Crippen LogP contribution in [0.15, 0.2) is 49.1 Å². The maximum atomic E-state index is 12.9. The van der Waals surface area contributed by atoms with E-state index in [1.54, 1.807) is 42.8 Å². The van der Waals surface area contributed by atoms with Gasteiger partial charge in [0.1, 0.15) is 22.1 Å². The average molecular weight is 620 g/mol. The van der Waals surface area contributed by atoms with Crippen LogP contribution in [0.4, 0.5) is 5.00 Å². The maximum Gasteiger partial charge on any atom is 0.339 e. The maximum absolute atomic E-state index is 12.9. The minimum atomic E-state index is -1.14. The number of hydrogen-bond donors (Lipinski definition) is 2. The second-order valence-electron chi connectivity index (χ2n) is 5.91. The molecule has 0 aliphatic rings. The molecule has 1 heterocycles. The standard InChI is InChI=1S/C20H14Br3NO5S/c1-28-10-5-3-4-9(6-10)12-8-30-19(14(12)20(26)27)24-18(25)11-7-13(21)17(29-2)16(23)15(11)22/h3-8H,1-2H3,(H,24,25)(H,26,27). The van der Waals surface area contributed by atoms with Gasteiger partial charge in [0.25, 0.3) is 5.91 Å². The normalized spacial score (nSPS) is 10.6. The van der Waals surface area contributed by atoms with Crippen molar-refractivity contribution in [3.63, 3.8) is 0 Å². The summed E-state index contributed by atoms with van der Waals surface area (Å²) >= 11 is 11.3. The first-order chi connectivity index (χ1) is 14.3. The summed E-state index contributed by atoms with van der Waals surface area (Å²) in [4.78, 5) is 24.9. The summed E-state index contributed by atoms with van der Waals surface area (Å²) in [5, 5.41) is 14.4. The van der Waals surface area contributed by atoms with Crippen LogP contribution in [0, 0.1) is 0 Å². The van der Waals surface area contributed by atoms with Gasteiger partial charge in [0.15, 0.2) is 0 Å². The molecule has 0 spiro atoms. The Hall–Kier alpha value is -1.88. The lowest BCUT2D eigenvalue weighted by molar-refractivity contribution is 0.0699. The number of amides is 1. The van der Waals surface area contributed by atoms with Crippen molar-refractivity contribution >= 4 is 76.0 Å². The number of carboxylic acids is 1. The number of thiophene rings is 1. The summed E-state index contributed by atoms with van der Waals surface area (Å²) in [7, 11) is 3.06. The SMILES string of the molecule is COc1cccc(-c2csc(NC(=O)c3cc(Br)c(OC)c(Br)c3Br)c2C(=O)O)c1. The lowest BCUT2D eigenvalue weighted by Gasteiger charge is -2.13. The zero-order valence-electron chi connectivity index (χ0n) is 15.6. The van der Waals surface area contributed by atoms with Crippen LogP contribution in [0.25, 0.3) is 11.1 Å². The Morgan fingerprint density at radius 3 is 2.43 bits per heavy atom. The third-order valence-corrected chi connectivity index (χ3v) is 7.77. The highest BCUT2D eigenvalue weighted by atomic mass is 79.9. The number of halogens is 3. The number of benzene rings is 2. The number of ether oxygens (including phenoxy) is 2. The van der Waals surface area contributed by atoms with Gasteiger partial charge >= 0.3 is 5.97 Å². The predicted molar refractivity (Wildman–Crippen MR) is 127 cm³/mol. The summed E-state index contributed by atoms with van der Waals surface area (Å²) in [5.41, 5.74) is 1.50. The number of carboxylic acid groups (broad SMARTS) is 1. The fraction of sp³-hybridized carbons (Fsp3) is 0.100. The quantitative estimate of drug-likeness (QED) is 0.301. The molecule has 0 aliphatic carbocycles. The largest absolute Gasteiger partial charge is 0.497 e. The summed E-state index contributed by atoms with van der Waals surface area (Å²) in [5.74, 6) is -0.466. The van der Waals surface area contributed by atoms with Crippen LogP contribution >= 0.6 is 59.1 Å². The number of rotatable bonds is 6. The molecule has 10 heteroatoms. The van der Waals surface area contributed by atoms with Crippen molar-refractivity contribution in [3.8, 4) is 22.6 Å². The van der Waals surface area contributed by atoms with Gasteiger partial charge in [-0.15, -0.1) is 11.3 Å². The van der Waals surface area contributed by atoms with Crippen molar-refractivity contribution in [1.29, 1.82) is 0 Å². The molecule has 0 saturated heterocycles. The van der Waals surface area contributed by atoms with Crippen LogP contribution in [0.3, 0.4) is 0 Å². The fourth-order valence-electron chi connectivity index (χ4n) is 2.77. The van der Waals surface area contributed by atoms with Gasteiger partial charge in [0, 0.05) is 15.4 Å². The molecule has 3 aromatic rings. The van der Waals surface area contributed by atoms with Crippen LogP contribution in [0.1, 0.15) is 20.7 Å². The van der Waals surface area contributed by atoms with E-state index in [0.717, 1.165) is 11.3 Å². The topological polar surface area (TPSA) is 84.9 Å². The van der Waals surface area contributed by atoms with Gasteiger partial charge in [-0.05, 0) is 71.6 Å². The van der Waals surface area contributed by atoms with Gasteiger partial charge in [0.05, 0.1) is 28.7 Å². The molecule has 0 unspecified atom stereocenters. The van der Waals surface area contributed by atoms with Crippen molar-refractivity contribution in [2.24, 2.45) is 0 Å². The molecule has 2 N–H and O–H groups in total. The molecule has 0 bridgehead atoms. The van der Waals surface area contributed by atoms with E-state index in [1.165, 1.54) is 7.11 Å². The van der Waals surface area contributed by atoms with Crippen molar-refractivity contribution in [3.05, 3.63) is 60.3 Å². The summed E-state index contributed by atoms with van der Waals surface area (Å²) < 4.78 is 12.1. The highest BCUT2D eigenvalue weighted by Crippen LogP contribution is 2.42. The predicted octanol–water partition coefficient (Wildman–Crippen LogP) is 6.67. The lowest BCUT2D eigenvalue weighted by atomic mass is 10.0. The third-order valence-electron chi connectivity index (χ3n) is 4.18. The van der Waals surface area contributed by atoms with Crippen molar-refractivity contribution in [1.82, 2.24) is 0 Å². The van der Waals surface area contributed by atoms with Gasteiger partial charge in [-0.1, -0.05) is 12.1 Å². The van der Waals surface area contributed by atoms with Crippen molar-refractivity contribution in [2.45, 2.75) is 0 Å². The first-order valence-electron chi connectivity index (χ1n) is 8.30. The zero-order chi connectivity index (χ0) is 22.0.